The molecule has 1 fully saturated rings. The minimum atomic E-state index is -3.55. The molecule has 10 heteroatoms. The van der Waals surface area contributed by atoms with Crippen LogP contribution < -0.4 is 9.62 Å². The highest BCUT2D eigenvalue weighted by molar-refractivity contribution is 7.92. The van der Waals surface area contributed by atoms with Gasteiger partial charge in [-0.05, 0) is 67.5 Å². The van der Waals surface area contributed by atoms with E-state index >= 15 is 0 Å². The number of hydrogen-bond donors (Lipinski definition) is 1. The second kappa shape index (κ2) is 14.4. The van der Waals surface area contributed by atoms with E-state index in [2.05, 4.69) is 5.32 Å². The van der Waals surface area contributed by atoms with Gasteiger partial charge < -0.3 is 10.2 Å². The van der Waals surface area contributed by atoms with Crippen LogP contribution in [0.15, 0.2) is 42.5 Å². The Morgan fingerprint density at radius 1 is 1.05 bits per heavy atom. The Kier molecular flexibility index (Phi) is 11.5. The first-order valence-corrected chi connectivity index (χ1v) is 16.2. The fraction of sp³-hybridized carbons (Fsp3) is 0.517. The van der Waals surface area contributed by atoms with Gasteiger partial charge in [0.25, 0.3) is 0 Å². The van der Waals surface area contributed by atoms with Gasteiger partial charge in [0, 0.05) is 35.6 Å². The third-order valence-corrected chi connectivity index (χ3v) is 9.01. The molecule has 7 nitrogen and oxygen atoms in total. The molecule has 1 aliphatic carbocycles. The highest BCUT2D eigenvalue weighted by Crippen LogP contribution is 2.25. The molecule has 1 N–H and O–H groups in total. The maximum atomic E-state index is 13.6. The summed E-state index contributed by atoms with van der Waals surface area (Å²) in [6.45, 7) is 4.22. The maximum absolute atomic E-state index is 13.6. The number of carbonyl (C=O) groups excluding carboxylic acids is 2. The number of nitrogens with one attached hydrogen (secondary N) is 1. The number of sulfonamides is 1. The number of rotatable bonds is 13. The van der Waals surface area contributed by atoms with Gasteiger partial charge in [-0.1, -0.05) is 68.1 Å². The van der Waals surface area contributed by atoms with Crippen molar-refractivity contribution in [1.82, 2.24) is 10.2 Å². The number of amides is 2. The molecule has 1 atom stereocenters. The van der Waals surface area contributed by atoms with Gasteiger partial charge in [-0.3, -0.25) is 13.9 Å². The molecule has 3 rings (SSSR count). The molecular weight excluding hydrogens is 557 g/mol. The van der Waals surface area contributed by atoms with E-state index in [-0.39, 0.29) is 37.4 Å². The second-order valence-corrected chi connectivity index (χ2v) is 12.9. The summed E-state index contributed by atoms with van der Waals surface area (Å²) in [7, 11) is -3.55. The Morgan fingerprint density at radius 2 is 1.72 bits per heavy atom. The Morgan fingerprint density at radius 3 is 2.28 bits per heavy atom. The molecule has 2 aromatic rings. The summed E-state index contributed by atoms with van der Waals surface area (Å²) < 4.78 is 26.4. The van der Waals surface area contributed by atoms with Crippen LogP contribution in [0.2, 0.25) is 10.0 Å². The zero-order valence-electron chi connectivity index (χ0n) is 23.0. The van der Waals surface area contributed by atoms with E-state index < -0.39 is 16.1 Å². The lowest BCUT2D eigenvalue weighted by Crippen LogP contribution is -2.51. The van der Waals surface area contributed by atoms with Crippen molar-refractivity contribution in [3.63, 3.8) is 0 Å². The van der Waals surface area contributed by atoms with Gasteiger partial charge in [-0.25, -0.2) is 8.42 Å². The quantitative estimate of drug-likeness (QED) is 0.309. The van der Waals surface area contributed by atoms with Gasteiger partial charge >= 0.3 is 0 Å². The summed E-state index contributed by atoms with van der Waals surface area (Å²) >= 11 is 12.5. The number of nitrogens with zero attached hydrogens (tertiary/aromatic N) is 2. The van der Waals surface area contributed by atoms with E-state index in [9.17, 15) is 18.0 Å². The van der Waals surface area contributed by atoms with Crippen LogP contribution in [0.4, 0.5) is 5.69 Å². The molecule has 39 heavy (non-hydrogen) atoms. The predicted molar refractivity (Wildman–Crippen MR) is 159 cm³/mol. The number of hydrogen-bond acceptors (Lipinski definition) is 4. The number of aryl methyl sites for hydroxylation is 1. The molecule has 2 aromatic carbocycles. The number of carbonyl (C=O) groups is 2. The summed E-state index contributed by atoms with van der Waals surface area (Å²) in [6.07, 6.45) is 6.90. The minimum Gasteiger partial charge on any atom is -0.352 e. The lowest BCUT2D eigenvalue weighted by molar-refractivity contribution is -0.141. The first-order chi connectivity index (χ1) is 18.5. The van der Waals surface area contributed by atoms with Crippen molar-refractivity contribution in [2.24, 2.45) is 0 Å². The van der Waals surface area contributed by atoms with Crippen LogP contribution in [0.5, 0.6) is 0 Å². The Balaban J connectivity index is 1.77. The molecule has 0 radical (unpaired) electrons. The van der Waals surface area contributed by atoms with Crippen molar-refractivity contribution >= 4 is 50.7 Å². The van der Waals surface area contributed by atoms with Crippen LogP contribution in [0.1, 0.15) is 69.9 Å². The van der Waals surface area contributed by atoms with Gasteiger partial charge in [0.1, 0.15) is 6.04 Å². The van der Waals surface area contributed by atoms with Gasteiger partial charge in [-0.2, -0.15) is 0 Å². The van der Waals surface area contributed by atoms with Crippen LogP contribution in [0.3, 0.4) is 0 Å². The zero-order valence-corrected chi connectivity index (χ0v) is 25.3. The molecule has 0 spiro atoms. The SMILES string of the molecule is CCc1ccc(N(CCCC(=O)N(Cc2ccc(Cl)cc2Cl)C(CC)C(=O)NC2CCCC2)S(C)(=O)=O)cc1. The smallest absolute Gasteiger partial charge is 0.243 e. The predicted octanol–water partition coefficient (Wildman–Crippen LogP) is 5.97. The van der Waals surface area contributed by atoms with E-state index in [1.54, 1.807) is 35.2 Å². The fourth-order valence-corrected chi connectivity index (χ4v) is 6.46. The highest BCUT2D eigenvalue weighted by atomic mass is 35.5. The Labute approximate surface area is 242 Å². The molecule has 214 valence electrons. The molecular formula is C29H39Cl2N3O4S. The van der Waals surface area contributed by atoms with Gasteiger partial charge in [0.2, 0.25) is 21.8 Å². The van der Waals surface area contributed by atoms with Gasteiger partial charge in [0.05, 0.1) is 11.9 Å². The summed E-state index contributed by atoms with van der Waals surface area (Å²) in [5.74, 6) is -0.402. The largest absolute Gasteiger partial charge is 0.352 e. The first-order valence-electron chi connectivity index (χ1n) is 13.6. The van der Waals surface area contributed by atoms with E-state index in [0.29, 0.717) is 34.1 Å². The maximum Gasteiger partial charge on any atom is 0.243 e. The third kappa shape index (κ3) is 8.85. The normalized spacial score (nSPS) is 14.7. The topological polar surface area (TPSA) is 86.8 Å². The molecule has 0 aromatic heterocycles. The first kappa shape index (κ1) is 31.2. The minimum absolute atomic E-state index is 0.0808. The van der Waals surface area contributed by atoms with E-state index in [1.807, 2.05) is 26.0 Å². The van der Waals surface area contributed by atoms with Crippen molar-refractivity contribution in [1.29, 1.82) is 0 Å². The van der Waals surface area contributed by atoms with Crippen molar-refractivity contribution in [3.05, 3.63) is 63.6 Å². The molecule has 0 bridgehead atoms. The average molecular weight is 597 g/mol. The number of anilines is 1. The monoisotopic (exact) mass is 595 g/mol. The molecule has 1 aliphatic rings. The summed E-state index contributed by atoms with van der Waals surface area (Å²) in [4.78, 5) is 28.5. The van der Waals surface area contributed by atoms with Crippen LogP contribution in [-0.4, -0.2) is 50.0 Å². The molecule has 0 saturated heterocycles. The lowest BCUT2D eigenvalue weighted by Gasteiger charge is -2.32. The Hall–Kier alpha value is -2.29. The van der Waals surface area contributed by atoms with Crippen LogP contribution in [0, 0.1) is 0 Å². The fourth-order valence-electron chi connectivity index (χ4n) is 5.02. The zero-order chi connectivity index (χ0) is 28.6. The molecule has 2 amide bonds. The number of halogens is 2. The average Bonchev–Trinajstić information content (AvgIpc) is 3.40. The van der Waals surface area contributed by atoms with Gasteiger partial charge in [-0.15, -0.1) is 0 Å². The lowest BCUT2D eigenvalue weighted by atomic mass is 10.1. The van der Waals surface area contributed by atoms with Crippen molar-refractivity contribution in [3.8, 4) is 0 Å². The van der Waals surface area contributed by atoms with E-state index in [0.717, 1.165) is 43.9 Å². The summed E-state index contributed by atoms with van der Waals surface area (Å²) in [6, 6.07) is 11.9. The van der Waals surface area contributed by atoms with Crippen molar-refractivity contribution in [2.45, 2.75) is 83.8 Å². The standard InChI is InChI=1S/C29H39Cl2N3O4S/c1-4-21-12-16-25(17-13-21)34(39(3,37)38)18-8-11-28(35)33(20-22-14-15-23(30)19-26(22)31)27(5-2)29(36)32-24-9-6-7-10-24/h12-17,19,24,27H,4-11,18,20H2,1-3H3,(H,32,36). The highest BCUT2D eigenvalue weighted by Gasteiger charge is 2.31. The van der Waals surface area contributed by atoms with E-state index in [1.165, 1.54) is 4.31 Å². The van der Waals surface area contributed by atoms with Crippen LogP contribution in [0.25, 0.3) is 0 Å². The second-order valence-electron chi connectivity index (χ2n) is 10.1. The molecule has 1 unspecified atom stereocenters. The Bertz CT molecular complexity index is 1230. The molecule has 0 heterocycles. The molecule has 0 aliphatic heterocycles. The van der Waals surface area contributed by atoms with Crippen molar-refractivity contribution < 1.29 is 18.0 Å². The summed E-state index contributed by atoms with van der Waals surface area (Å²) in [5, 5.41) is 4.03. The number of benzene rings is 2. The summed E-state index contributed by atoms with van der Waals surface area (Å²) in [5.41, 5.74) is 2.37. The van der Waals surface area contributed by atoms with Crippen LogP contribution >= 0.6 is 23.2 Å². The molecule has 1 saturated carbocycles. The van der Waals surface area contributed by atoms with Gasteiger partial charge in [0.15, 0.2) is 0 Å². The van der Waals surface area contributed by atoms with Crippen molar-refractivity contribution in [2.75, 3.05) is 17.1 Å². The van der Waals surface area contributed by atoms with Crippen LogP contribution in [-0.2, 0) is 32.6 Å². The third-order valence-electron chi connectivity index (χ3n) is 7.23. The van der Waals surface area contributed by atoms with E-state index in [4.69, 9.17) is 23.2 Å².